The van der Waals surface area contributed by atoms with Crippen molar-refractivity contribution in [3.05, 3.63) is 35.4 Å². The fourth-order valence-electron chi connectivity index (χ4n) is 3.16. The van der Waals surface area contributed by atoms with Gasteiger partial charge in [0.05, 0.1) is 5.60 Å². The first kappa shape index (κ1) is 14.5. The summed E-state index contributed by atoms with van der Waals surface area (Å²) in [6, 6.07) is 8.20. The van der Waals surface area contributed by atoms with Crippen LogP contribution in [0.5, 0.6) is 0 Å². The summed E-state index contributed by atoms with van der Waals surface area (Å²) < 4.78 is 6.05. The Kier molecular flexibility index (Phi) is 5.00. The van der Waals surface area contributed by atoms with Gasteiger partial charge in [0.2, 0.25) is 0 Å². The van der Waals surface area contributed by atoms with Gasteiger partial charge >= 0.3 is 0 Å². The number of benzene rings is 1. The number of hydrogen-bond acceptors (Lipinski definition) is 2. The minimum atomic E-state index is -0.508. The van der Waals surface area contributed by atoms with Gasteiger partial charge < -0.3 is 9.84 Å². The van der Waals surface area contributed by atoms with E-state index in [1.165, 1.54) is 18.4 Å². The van der Waals surface area contributed by atoms with Gasteiger partial charge in [-0.25, -0.2) is 0 Å². The number of hydrogen-bond donors (Lipinski definition) is 1. The topological polar surface area (TPSA) is 29.5 Å². The molecule has 19 heavy (non-hydrogen) atoms. The van der Waals surface area contributed by atoms with Gasteiger partial charge in [-0.2, -0.15) is 0 Å². The molecule has 0 spiro atoms. The van der Waals surface area contributed by atoms with Crippen LogP contribution < -0.4 is 0 Å². The standard InChI is InChI=1S/C17H26O2/c1-3-19-17(12-6-4-5-7-13-17)16(18)15-10-8-14(2)9-11-15/h8-11,16,18H,3-7,12-13H2,1-2H3. The predicted octanol–water partition coefficient (Wildman–Crippen LogP) is 4.16. The molecule has 1 saturated carbocycles. The molecule has 2 heteroatoms. The van der Waals surface area contributed by atoms with E-state index >= 15 is 0 Å². The van der Waals surface area contributed by atoms with Crippen LogP contribution in [0.1, 0.15) is 62.7 Å². The zero-order valence-electron chi connectivity index (χ0n) is 12.2. The fraction of sp³-hybridized carbons (Fsp3) is 0.647. The Morgan fingerprint density at radius 3 is 2.21 bits per heavy atom. The van der Waals surface area contributed by atoms with Crippen molar-refractivity contribution in [1.82, 2.24) is 0 Å². The lowest BCUT2D eigenvalue weighted by atomic mass is 9.84. The van der Waals surface area contributed by atoms with Crippen LogP contribution in [0.4, 0.5) is 0 Å². The van der Waals surface area contributed by atoms with E-state index in [4.69, 9.17) is 4.74 Å². The maximum atomic E-state index is 10.8. The summed E-state index contributed by atoms with van der Waals surface area (Å²) in [6.45, 7) is 4.76. The minimum absolute atomic E-state index is 0.374. The number of rotatable bonds is 4. The van der Waals surface area contributed by atoms with Crippen molar-refractivity contribution in [2.75, 3.05) is 6.61 Å². The van der Waals surface area contributed by atoms with E-state index in [2.05, 4.69) is 19.1 Å². The molecule has 1 aromatic carbocycles. The average molecular weight is 262 g/mol. The number of aliphatic hydroxyl groups is 1. The van der Waals surface area contributed by atoms with Crippen molar-refractivity contribution in [3.63, 3.8) is 0 Å². The van der Waals surface area contributed by atoms with Crippen molar-refractivity contribution in [2.45, 2.75) is 64.1 Å². The summed E-state index contributed by atoms with van der Waals surface area (Å²) in [5, 5.41) is 10.8. The molecular formula is C17H26O2. The second kappa shape index (κ2) is 6.53. The van der Waals surface area contributed by atoms with Gasteiger partial charge in [-0.3, -0.25) is 0 Å². The van der Waals surface area contributed by atoms with Crippen molar-refractivity contribution in [2.24, 2.45) is 0 Å². The Bertz CT molecular complexity index is 375. The van der Waals surface area contributed by atoms with Gasteiger partial charge in [-0.05, 0) is 32.3 Å². The van der Waals surface area contributed by atoms with Crippen molar-refractivity contribution < 1.29 is 9.84 Å². The Hall–Kier alpha value is -0.860. The smallest absolute Gasteiger partial charge is 0.108 e. The molecule has 0 aliphatic heterocycles. The predicted molar refractivity (Wildman–Crippen MR) is 78.2 cm³/mol. The van der Waals surface area contributed by atoms with Gasteiger partial charge in [0.15, 0.2) is 0 Å². The van der Waals surface area contributed by atoms with E-state index in [-0.39, 0.29) is 5.60 Å². The molecule has 0 aromatic heterocycles. The van der Waals surface area contributed by atoms with E-state index in [1.807, 2.05) is 19.1 Å². The van der Waals surface area contributed by atoms with Crippen LogP contribution in [0.15, 0.2) is 24.3 Å². The van der Waals surface area contributed by atoms with Crippen LogP contribution in [-0.4, -0.2) is 17.3 Å². The maximum absolute atomic E-state index is 10.8. The highest BCUT2D eigenvalue weighted by atomic mass is 16.5. The third kappa shape index (κ3) is 3.37. The maximum Gasteiger partial charge on any atom is 0.108 e. The summed E-state index contributed by atoms with van der Waals surface area (Å²) in [5.41, 5.74) is 1.84. The summed E-state index contributed by atoms with van der Waals surface area (Å²) in [6.07, 6.45) is 6.26. The molecule has 1 atom stereocenters. The molecule has 0 bridgehead atoms. The van der Waals surface area contributed by atoms with Gasteiger partial charge in [0.25, 0.3) is 0 Å². The van der Waals surface area contributed by atoms with Crippen LogP contribution in [0.25, 0.3) is 0 Å². The van der Waals surface area contributed by atoms with E-state index in [9.17, 15) is 5.11 Å². The molecule has 1 N–H and O–H groups in total. The van der Waals surface area contributed by atoms with Crippen LogP contribution in [0.2, 0.25) is 0 Å². The van der Waals surface area contributed by atoms with Gasteiger partial charge in [0, 0.05) is 6.61 Å². The van der Waals surface area contributed by atoms with Crippen LogP contribution in [-0.2, 0) is 4.74 Å². The average Bonchev–Trinajstić information content (AvgIpc) is 2.66. The SMILES string of the molecule is CCOC1(C(O)c2ccc(C)cc2)CCCCCC1. The van der Waals surface area contributed by atoms with Crippen LogP contribution in [0.3, 0.4) is 0 Å². The molecule has 1 unspecified atom stereocenters. The van der Waals surface area contributed by atoms with E-state index < -0.39 is 6.10 Å². The Morgan fingerprint density at radius 2 is 1.68 bits per heavy atom. The largest absolute Gasteiger partial charge is 0.385 e. The lowest BCUT2D eigenvalue weighted by molar-refractivity contribution is -0.131. The molecule has 2 nitrogen and oxygen atoms in total. The van der Waals surface area contributed by atoms with Crippen LogP contribution in [0, 0.1) is 6.92 Å². The highest BCUT2D eigenvalue weighted by Gasteiger charge is 2.39. The zero-order chi connectivity index (χ0) is 13.7. The highest BCUT2D eigenvalue weighted by molar-refractivity contribution is 5.25. The second-order valence-corrected chi connectivity index (χ2v) is 5.73. The van der Waals surface area contributed by atoms with E-state index in [0.29, 0.717) is 6.61 Å². The summed E-state index contributed by atoms with van der Waals surface area (Å²) in [7, 11) is 0. The molecule has 2 rings (SSSR count). The minimum Gasteiger partial charge on any atom is -0.385 e. The monoisotopic (exact) mass is 262 g/mol. The molecule has 0 saturated heterocycles. The molecule has 0 amide bonds. The molecule has 106 valence electrons. The molecule has 1 aromatic rings. The summed E-state index contributed by atoms with van der Waals surface area (Å²) in [5.74, 6) is 0. The van der Waals surface area contributed by atoms with Gasteiger partial charge in [-0.15, -0.1) is 0 Å². The molecule has 0 heterocycles. The van der Waals surface area contributed by atoms with Crippen molar-refractivity contribution >= 4 is 0 Å². The molecular weight excluding hydrogens is 236 g/mol. The molecule has 0 radical (unpaired) electrons. The number of aliphatic hydroxyl groups excluding tert-OH is 1. The first-order valence-electron chi connectivity index (χ1n) is 7.56. The van der Waals surface area contributed by atoms with Gasteiger partial charge in [0.1, 0.15) is 6.10 Å². The van der Waals surface area contributed by atoms with Crippen molar-refractivity contribution in [1.29, 1.82) is 0 Å². The fourth-order valence-corrected chi connectivity index (χ4v) is 3.16. The highest BCUT2D eigenvalue weighted by Crippen LogP contribution is 2.40. The Balaban J connectivity index is 2.23. The third-order valence-electron chi connectivity index (χ3n) is 4.27. The lowest BCUT2D eigenvalue weighted by Crippen LogP contribution is -2.39. The normalized spacial score (nSPS) is 20.8. The van der Waals surface area contributed by atoms with Gasteiger partial charge in [-0.1, -0.05) is 55.5 Å². The first-order valence-corrected chi connectivity index (χ1v) is 7.56. The molecule has 1 aliphatic rings. The van der Waals surface area contributed by atoms with Crippen LogP contribution >= 0.6 is 0 Å². The summed E-state index contributed by atoms with van der Waals surface area (Å²) in [4.78, 5) is 0. The second-order valence-electron chi connectivity index (χ2n) is 5.73. The lowest BCUT2D eigenvalue weighted by Gasteiger charge is -2.37. The summed E-state index contributed by atoms with van der Waals surface area (Å²) >= 11 is 0. The first-order chi connectivity index (χ1) is 9.18. The zero-order valence-corrected chi connectivity index (χ0v) is 12.2. The molecule has 1 fully saturated rings. The van der Waals surface area contributed by atoms with Crippen molar-refractivity contribution in [3.8, 4) is 0 Å². The molecule has 1 aliphatic carbocycles. The Labute approximate surface area is 116 Å². The Morgan fingerprint density at radius 1 is 1.11 bits per heavy atom. The number of aryl methyl sites for hydroxylation is 1. The number of ether oxygens (including phenoxy) is 1. The van der Waals surface area contributed by atoms with E-state index in [1.54, 1.807) is 0 Å². The van der Waals surface area contributed by atoms with E-state index in [0.717, 1.165) is 31.2 Å². The third-order valence-corrected chi connectivity index (χ3v) is 4.27. The quantitative estimate of drug-likeness (QED) is 0.826.